The van der Waals surface area contributed by atoms with Gasteiger partial charge in [-0.25, -0.2) is 8.42 Å². The Balaban J connectivity index is 1.30. The smallest absolute Gasteiger partial charge is 0.252 e. The quantitative estimate of drug-likeness (QED) is 0.587. The van der Waals surface area contributed by atoms with Gasteiger partial charge in [0.05, 0.1) is 16.9 Å². The van der Waals surface area contributed by atoms with Crippen LogP contribution in [0, 0.1) is 0 Å². The Morgan fingerprint density at radius 1 is 1.06 bits per heavy atom. The second-order valence-corrected chi connectivity index (χ2v) is 11.5. The molecule has 0 saturated carbocycles. The third-order valence-electron chi connectivity index (χ3n) is 5.49. The van der Waals surface area contributed by atoms with Crippen LogP contribution in [0.4, 0.5) is 0 Å². The van der Waals surface area contributed by atoms with Crippen molar-refractivity contribution in [1.82, 2.24) is 14.5 Å². The monoisotopic (exact) mass is 477 g/mol. The molecule has 3 aromatic rings. The van der Waals surface area contributed by atoms with Crippen molar-refractivity contribution in [3.8, 4) is 0 Å². The normalized spacial score (nSPS) is 17.0. The van der Waals surface area contributed by atoms with Crippen LogP contribution in [-0.4, -0.2) is 56.3 Å². The first-order valence-electron chi connectivity index (χ1n) is 10.1. The number of amides is 1. The van der Waals surface area contributed by atoms with Crippen LogP contribution in [-0.2, 0) is 14.8 Å². The molecule has 0 bridgehead atoms. The maximum atomic E-state index is 12.7. The molecule has 164 valence electrons. The summed E-state index contributed by atoms with van der Waals surface area (Å²) in [5, 5.41) is 5.37. The molecule has 1 atom stereocenters. The van der Waals surface area contributed by atoms with E-state index in [0.29, 0.717) is 30.5 Å². The third kappa shape index (κ3) is 5.10. The molecule has 1 aliphatic rings. The van der Waals surface area contributed by atoms with Crippen molar-refractivity contribution in [1.29, 1.82) is 0 Å². The molecule has 2 heterocycles. The number of halogens is 1. The van der Waals surface area contributed by atoms with Gasteiger partial charge < -0.3 is 5.32 Å². The number of carbonyl (C=O) groups is 1. The summed E-state index contributed by atoms with van der Waals surface area (Å²) in [4.78, 5) is 14.5. The summed E-state index contributed by atoms with van der Waals surface area (Å²) < 4.78 is 27.6. The van der Waals surface area contributed by atoms with Crippen molar-refractivity contribution in [3.63, 3.8) is 0 Å². The van der Waals surface area contributed by atoms with Crippen LogP contribution < -0.4 is 5.32 Å². The number of carbonyl (C=O) groups excluding carboxylic acids is 1. The molecule has 1 fully saturated rings. The zero-order chi connectivity index (χ0) is 22.0. The van der Waals surface area contributed by atoms with E-state index in [0.717, 1.165) is 22.3 Å². The second kappa shape index (κ2) is 9.26. The van der Waals surface area contributed by atoms with Gasteiger partial charge in [0.15, 0.2) is 0 Å². The summed E-state index contributed by atoms with van der Waals surface area (Å²) in [6, 6.07) is 17.4. The van der Waals surface area contributed by atoms with Gasteiger partial charge in [0.1, 0.15) is 4.21 Å². The van der Waals surface area contributed by atoms with E-state index in [1.807, 2.05) is 30.0 Å². The number of sulfonamides is 1. The molecule has 4 rings (SSSR count). The first-order valence-corrected chi connectivity index (χ1v) is 12.7. The van der Waals surface area contributed by atoms with Crippen LogP contribution in [0.15, 0.2) is 58.8 Å². The van der Waals surface area contributed by atoms with Gasteiger partial charge in [-0.05, 0) is 41.5 Å². The van der Waals surface area contributed by atoms with Crippen molar-refractivity contribution in [3.05, 3.63) is 64.5 Å². The maximum Gasteiger partial charge on any atom is 0.252 e. The highest BCUT2D eigenvalue weighted by Crippen LogP contribution is 2.28. The van der Waals surface area contributed by atoms with E-state index in [1.165, 1.54) is 15.8 Å². The number of thiophene rings is 1. The van der Waals surface area contributed by atoms with E-state index in [1.54, 1.807) is 6.07 Å². The number of fused-ring (bicyclic) bond motifs is 1. The van der Waals surface area contributed by atoms with Crippen LogP contribution in [0.25, 0.3) is 10.8 Å². The van der Waals surface area contributed by atoms with E-state index >= 15 is 0 Å². The van der Waals surface area contributed by atoms with E-state index < -0.39 is 10.0 Å². The minimum Gasteiger partial charge on any atom is -0.348 e. The topological polar surface area (TPSA) is 69.7 Å². The van der Waals surface area contributed by atoms with Gasteiger partial charge in [0, 0.05) is 26.2 Å². The Bertz CT molecular complexity index is 1190. The molecule has 0 spiro atoms. The zero-order valence-electron chi connectivity index (χ0n) is 17.1. The lowest BCUT2D eigenvalue weighted by atomic mass is 10.0. The summed E-state index contributed by atoms with van der Waals surface area (Å²) >= 11 is 6.95. The van der Waals surface area contributed by atoms with E-state index in [-0.39, 0.29) is 22.7 Å². The first-order chi connectivity index (χ1) is 14.8. The molecule has 1 aliphatic heterocycles. The molecule has 6 nitrogen and oxygen atoms in total. The highest BCUT2D eigenvalue weighted by Gasteiger charge is 2.30. The van der Waals surface area contributed by atoms with Gasteiger partial charge in [0.25, 0.3) is 10.0 Å². The van der Waals surface area contributed by atoms with Gasteiger partial charge >= 0.3 is 0 Å². The minimum absolute atomic E-state index is 0.0676. The molecular formula is C22H24ClN3O3S2. The highest BCUT2D eigenvalue weighted by molar-refractivity contribution is 7.91. The highest BCUT2D eigenvalue weighted by atomic mass is 35.5. The van der Waals surface area contributed by atoms with E-state index in [2.05, 4.69) is 29.6 Å². The Hall–Kier alpha value is -1.97. The fourth-order valence-corrected chi connectivity index (χ4v) is 6.80. The number of hydrogen-bond acceptors (Lipinski definition) is 5. The first kappa shape index (κ1) is 22.2. The van der Waals surface area contributed by atoms with Crippen molar-refractivity contribution in [2.75, 3.05) is 32.7 Å². The standard InChI is InChI=1S/C22H24ClN3O3S2/c1-16(18-7-6-17-4-2-3-5-19(17)14-18)24-21(27)15-25-10-12-26(13-11-25)31(28,29)22-9-8-20(23)30-22/h2-9,14,16H,10-13,15H2,1H3,(H,24,27)/t16-/m0/s1. The van der Waals surface area contributed by atoms with Crippen molar-refractivity contribution in [2.45, 2.75) is 17.2 Å². The van der Waals surface area contributed by atoms with Crippen molar-refractivity contribution < 1.29 is 13.2 Å². The SMILES string of the molecule is C[C@H](NC(=O)CN1CCN(S(=O)(=O)c2ccc(Cl)s2)CC1)c1ccc2ccccc2c1. The van der Waals surface area contributed by atoms with Crippen LogP contribution in [0.1, 0.15) is 18.5 Å². The van der Waals surface area contributed by atoms with Gasteiger partial charge in [-0.2, -0.15) is 4.31 Å². The molecule has 2 aromatic carbocycles. The molecular weight excluding hydrogens is 454 g/mol. The lowest BCUT2D eigenvalue weighted by Crippen LogP contribution is -2.51. The fraction of sp³-hybridized carbons (Fsp3) is 0.318. The number of nitrogens with one attached hydrogen (secondary N) is 1. The van der Waals surface area contributed by atoms with Gasteiger partial charge in [0.2, 0.25) is 5.91 Å². The Morgan fingerprint density at radius 3 is 2.45 bits per heavy atom. The zero-order valence-corrected chi connectivity index (χ0v) is 19.5. The predicted molar refractivity (Wildman–Crippen MR) is 125 cm³/mol. The summed E-state index contributed by atoms with van der Waals surface area (Å²) in [5.74, 6) is -0.0676. The molecule has 0 unspecified atom stereocenters. The lowest BCUT2D eigenvalue weighted by Gasteiger charge is -2.33. The molecule has 0 aliphatic carbocycles. The number of rotatable bonds is 6. The van der Waals surface area contributed by atoms with Crippen LogP contribution in [0.5, 0.6) is 0 Å². The van der Waals surface area contributed by atoms with Crippen molar-refractivity contribution >= 4 is 49.6 Å². The number of piperazine rings is 1. The summed E-state index contributed by atoms with van der Waals surface area (Å²) in [6.07, 6.45) is 0. The summed E-state index contributed by atoms with van der Waals surface area (Å²) in [5.41, 5.74) is 1.05. The molecule has 1 aromatic heterocycles. The average molecular weight is 478 g/mol. The van der Waals surface area contributed by atoms with Gasteiger partial charge in [-0.3, -0.25) is 9.69 Å². The van der Waals surface area contributed by atoms with Crippen LogP contribution >= 0.6 is 22.9 Å². The minimum atomic E-state index is -3.53. The number of benzene rings is 2. The number of hydrogen-bond donors (Lipinski definition) is 1. The molecule has 0 radical (unpaired) electrons. The second-order valence-electron chi connectivity index (χ2n) is 7.63. The fourth-order valence-electron chi connectivity index (χ4n) is 3.74. The molecule has 1 N–H and O–H groups in total. The molecule has 1 saturated heterocycles. The lowest BCUT2D eigenvalue weighted by molar-refractivity contribution is -0.123. The Labute approximate surface area is 191 Å². The van der Waals surface area contributed by atoms with Crippen molar-refractivity contribution in [2.24, 2.45) is 0 Å². The summed E-state index contributed by atoms with van der Waals surface area (Å²) in [7, 11) is -3.53. The van der Waals surface area contributed by atoms with Crippen LogP contribution in [0.2, 0.25) is 4.34 Å². The molecule has 31 heavy (non-hydrogen) atoms. The van der Waals surface area contributed by atoms with Gasteiger partial charge in [-0.1, -0.05) is 48.0 Å². The number of nitrogens with zero attached hydrogens (tertiary/aromatic N) is 2. The molecule has 1 amide bonds. The van der Waals surface area contributed by atoms with E-state index in [4.69, 9.17) is 11.6 Å². The van der Waals surface area contributed by atoms with Gasteiger partial charge in [-0.15, -0.1) is 11.3 Å². The third-order valence-corrected chi connectivity index (χ3v) is 9.09. The molecule has 9 heteroatoms. The maximum absolute atomic E-state index is 12.7. The average Bonchev–Trinajstić information content (AvgIpc) is 3.21. The summed E-state index contributed by atoms with van der Waals surface area (Å²) in [6.45, 7) is 3.94. The van der Waals surface area contributed by atoms with Crippen LogP contribution in [0.3, 0.4) is 0 Å². The van der Waals surface area contributed by atoms with E-state index in [9.17, 15) is 13.2 Å². The Kier molecular flexibility index (Phi) is 6.64. The predicted octanol–water partition coefficient (Wildman–Crippen LogP) is 3.74. The Morgan fingerprint density at radius 2 is 1.77 bits per heavy atom. The largest absolute Gasteiger partial charge is 0.348 e.